The van der Waals surface area contributed by atoms with E-state index in [0.29, 0.717) is 116 Å². The van der Waals surface area contributed by atoms with E-state index in [1.807, 2.05) is 125 Å². The second-order valence-corrected chi connectivity index (χ2v) is 33.6. The van der Waals surface area contributed by atoms with Crippen molar-refractivity contribution in [3.8, 4) is 11.1 Å². The molecule has 0 unspecified atom stereocenters. The maximum absolute atomic E-state index is 13.7. The molecule has 6 aromatic rings. The van der Waals surface area contributed by atoms with E-state index in [0.717, 1.165) is 135 Å². The lowest BCUT2D eigenvalue weighted by Gasteiger charge is -2.31. The normalized spacial score (nSPS) is 21.4. The third kappa shape index (κ3) is 27.2. The number of halogens is 2. The summed E-state index contributed by atoms with van der Waals surface area (Å²) in [6.07, 6.45) is 21.1. The minimum atomic E-state index is -0.303. The first-order chi connectivity index (χ1) is 55.2. The van der Waals surface area contributed by atoms with Crippen LogP contribution in [0.4, 0.5) is 0 Å². The summed E-state index contributed by atoms with van der Waals surface area (Å²) in [6.45, 7) is 29.4. The van der Waals surface area contributed by atoms with Gasteiger partial charge in [-0.05, 0) is 247 Å². The molecule has 6 aliphatic rings. The molecule has 1 aliphatic carbocycles. The fourth-order valence-electron chi connectivity index (χ4n) is 17.0. The molecule has 114 heavy (non-hydrogen) atoms. The number of hydrogen-bond acceptors (Lipinski definition) is 12. The van der Waals surface area contributed by atoms with Crippen LogP contribution in [0.1, 0.15) is 187 Å². The number of carbonyl (C=O) groups is 6. The molecule has 5 aliphatic heterocycles. The molecule has 5 heterocycles. The number of likely N-dealkylation sites (tertiary alicyclic amines) is 2. The largest absolute Gasteiger partial charge is 0.370 e. The first-order valence-electron chi connectivity index (χ1n) is 42.5. The van der Waals surface area contributed by atoms with Crippen LogP contribution in [0.15, 0.2) is 157 Å². The Kier molecular flexibility index (Phi) is 35.1. The lowest BCUT2D eigenvalue weighted by Crippen LogP contribution is -2.50. The Bertz CT molecular complexity index is 3980. The maximum atomic E-state index is 13.7. The van der Waals surface area contributed by atoms with E-state index < -0.39 is 0 Å². The summed E-state index contributed by atoms with van der Waals surface area (Å²) in [5, 5.41) is 25.5. The number of fused-ring (bicyclic) bond motifs is 2. The highest BCUT2D eigenvalue weighted by atomic mass is 35.5. The number of aliphatic imine (C=N–C) groups is 1. The lowest BCUT2D eigenvalue weighted by atomic mass is 9.89. The van der Waals surface area contributed by atoms with Crippen molar-refractivity contribution in [3.63, 3.8) is 0 Å². The van der Waals surface area contributed by atoms with E-state index in [1.54, 1.807) is 0 Å². The van der Waals surface area contributed by atoms with E-state index >= 15 is 0 Å². The van der Waals surface area contributed by atoms with Gasteiger partial charge in [0.1, 0.15) is 0 Å². The minimum Gasteiger partial charge on any atom is -0.370 e. The number of guanidine groups is 1. The zero-order chi connectivity index (χ0) is 80.9. The maximum Gasteiger partial charge on any atom is 0.251 e. The second-order valence-electron chi connectivity index (χ2n) is 32.7. The Morgan fingerprint density at radius 3 is 1.30 bits per heavy atom. The number of carbonyl (C=O) groups excluding carboxylic acids is 6. The average Bonchev–Trinajstić information content (AvgIpc) is 0.978. The number of hydrogen-bond donors (Lipinski definition) is 8. The van der Waals surface area contributed by atoms with E-state index in [4.69, 9.17) is 34.7 Å². The molecule has 10 N–H and O–H groups in total. The third-order valence-corrected chi connectivity index (χ3v) is 24.5. The Morgan fingerprint density at radius 2 is 0.860 bits per heavy atom. The molecule has 6 fully saturated rings. The summed E-state index contributed by atoms with van der Waals surface area (Å²) in [7, 11) is 0. The van der Waals surface area contributed by atoms with Gasteiger partial charge in [0.2, 0.25) is 17.7 Å². The number of benzene rings is 6. The standard InChI is InChI=1S/2C31H43ClN4O2.C30H42N6O2/c2*1-4-23(22(2)3)21-36-17-12-28(34-29(31(36)38)13-16-35-14-6-5-7-15-35)20-33-30(37)26-9-8-25-19-27(32)11-10-24(25)18-26;31-30(32)33-18-7-12-27-29(38)36(21-22-8-3-1-4-9-22)19-17-26(35-27)20-34-28(37)25-15-13-24(14-16-25)23-10-5-2-6-11-23/h2*8-11,18-19,23,28-29,34H,2,4-7,12-17,20-21H2,1,3H3,(H,33,37);2,5-6,10-11,13-16,22,26-27,35H,1,3-4,7-9,12,17-21H2,(H,34,37)(H4,31,32,33)/t23-,28+,29+;23-,28-,29-;26-,27-/m100/s1. The highest BCUT2D eigenvalue weighted by molar-refractivity contribution is 6.31. The zero-order valence-corrected chi connectivity index (χ0v) is 69.7. The van der Waals surface area contributed by atoms with Gasteiger partial charge in [-0.3, -0.25) is 33.8 Å². The molecule has 6 aromatic carbocycles. The highest BCUT2D eigenvalue weighted by Crippen LogP contribution is 2.29. The van der Waals surface area contributed by atoms with Crippen molar-refractivity contribution >= 4 is 86.1 Å². The molecule has 0 spiro atoms. The topological polar surface area (TPSA) is 255 Å². The van der Waals surface area contributed by atoms with Crippen molar-refractivity contribution in [3.05, 3.63) is 178 Å². The van der Waals surface area contributed by atoms with Crippen LogP contribution in [0.25, 0.3) is 32.7 Å². The van der Waals surface area contributed by atoms with Crippen molar-refractivity contribution in [2.24, 2.45) is 34.2 Å². The summed E-state index contributed by atoms with van der Waals surface area (Å²) in [5.41, 5.74) is 17.3. The Balaban J connectivity index is 0.000000181. The molecule has 20 nitrogen and oxygen atoms in total. The minimum absolute atomic E-state index is 0.0101. The van der Waals surface area contributed by atoms with E-state index in [1.165, 1.54) is 70.6 Å². The molecular formula is C92H128Cl2N14O6. The number of nitrogens with one attached hydrogen (secondary N) is 6. The molecule has 1 saturated carbocycles. The molecule has 6 amide bonds. The SMILES string of the molecule is C=C(C)[C@@H](CC)CN1CC[C@@H](CNC(=O)c2ccc3cc(Cl)ccc3c2)N[C@@H](CCN2CCCCC2)C1=O.C=C(C)[C@H](CC)CN1CC[C@@H](CNC(=O)c2ccc3cc(Cl)ccc3c2)N[C@@H](CCN2CCCCC2)C1=O.NC(N)=NCCC[C@@H]1N[C@H](CNC(=O)c2ccc(-c3ccccc3)cc2)CCN(CC2CCCCC2)C1=O. The zero-order valence-electron chi connectivity index (χ0n) is 68.2. The van der Waals surface area contributed by atoms with Gasteiger partial charge in [-0.1, -0.05) is 160 Å². The first kappa shape index (κ1) is 88.2. The highest BCUT2D eigenvalue weighted by Gasteiger charge is 2.36. The molecule has 0 radical (unpaired) electrons. The first-order valence-corrected chi connectivity index (χ1v) is 43.3. The van der Waals surface area contributed by atoms with Gasteiger partial charge in [-0.15, -0.1) is 0 Å². The van der Waals surface area contributed by atoms with E-state index in [-0.39, 0.29) is 77.7 Å². The van der Waals surface area contributed by atoms with Gasteiger partial charge in [0.05, 0.1) is 18.1 Å². The Labute approximate surface area is 688 Å². The van der Waals surface area contributed by atoms with Crippen molar-refractivity contribution < 1.29 is 28.8 Å². The van der Waals surface area contributed by atoms with Crippen LogP contribution in [0.3, 0.4) is 0 Å². The summed E-state index contributed by atoms with van der Waals surface area (Å²) in [4.78, 5) is 95.0. The lowest BCUT2D eigenvalue weighted by molar-refractivity contribution is -0.134. The predicted octanol–water partition coefficient (Wildman–Crippen LogP) is 13.8. The van der Waals surface area contributed by atoms with Gasteiger partial charge in [0.25, 0.3) is 17.7 Å². The van der Waals surface area contributed by atoms with Gasteiger partial charge >= 0.3 is 0 Å². The number of nitrogens with zero attached hydrogens (tertiary/aromatic N) is 6. The molecule has 8 atom stereocenters. The van der Waals surface area contributed by atoms with E-state index in [2.05, 4.69) is 105 Å². The summed E-state index contributed by atoms with van der Waals surface area (Å²) < 4.78 is 0. The van der Waals surface area contributed by atoms with Gasteiger partial charge < -0.3 is 67.9 Å². The fraction of sp³-hybridized carbons (Fsp3) is 0.533. The molecular weight excluding hydrogens is 1470 g/mol. The van der Waals surface area contributed by atoms with Gasteiger partial charge in [0.15, 0.2) is 5.96 Å². The van der Waals surface area contributed by atoms with Crippen LogP contribution in [-0.4, -0.2) is 207 Å². The monoisotopic (exact) mass is 1590 g/mol. The fourth-order valence-corrected chi connectivity index (χ4v) is 17.3. The second kappa shape index (κ2) is 45.3. The third-order valence-electron chi connectivity index (χ3n) is 24.1. The smallest absolute Gasteiger partial charge is 0.251 e. The van der Waals surface area contributed by atoms with Crippen LogP contribution < -0.4 is 43.4 Å². The van der Waals surface area contributed by atoms with Crippen LogP contribution in [0.2, 0.25) is 10.0 Å². The molecule has 0 bridgehead atoms. The molecule has 616 valence electrons. The number of rotatable bonds is 30. The van der Waals surface area contributed by atoms with Crippen LogP contribution in [-0.2, 0) is 14.4 Å². The molecule has 5 saturated heterocycles. The molecule has 22 heteroatoms. The number of amides is 6. The average molecular weight is 1600 g/mol. The molecule has 12 rings (SSSR count). The summed E-state index contributed by atoms with van der Waals surface area (Å²) in [6, 6.07) is 39.7. The Morgan fingerprint density at radius 1 is 0.474 bits per heavy atom. The van der Waals surface area contributed by atoms with Crippen molar-refractivity contribution in [2.45, 2.75) is 192 Å². The number of piperidine rings is 2. The van der Waals surface area contributed by atoms with Crippen LogP contribution >= 0.6 is 23.2 Å². The number of nitrogens with two attached hydrogens (primary N) is 2. The van der Waals surface area contributed by atoms with Gasteiger partial charge in [-0.2, -0.15) is 0 Å². The summed E-state index contributed by atoms with van der Waals surface area (Å²) in [5.74, 6) is 1.49. The van der Waals surface area contributed by atoms with Gasteiger partial charge in [-0.25, -0.2) is 0 Å². The summed E-state index contributed by atoms with van der Waals surface area (Å²) >= 11 is 12.2. The van der Waals surface area contributed by atoms with Gasteiger partial charge in [0, 0.05) is 123 Å². The quantitative estimate of drug-likeness (QED) is 0.00905. The van der Waals surface area contributed by atoms with Crippen LogP contribution in [0, 0.1) is 17.8 Å². The van der Waals surface area contributed by atoms with Crippen molar-refractivity contribution in [1.82, 2.24) is 56.4 Å². The van der Waals surface area contributed by atoms with Crippen molar-refractivity contribution in [1.29, 1.82) is 0 Å². The Hall–Kier alpha value is -8.21. The molecule has 0 aromatic heterocycles. The van der Waals surface area contributed by atoms with Crippen LogP contribution in [0.5, 0.6) is 0 Å². The van der Waals surface area contributed by atoms with Crippen molar-refractivity contribution in [2.75, 3.05) is 105 Å². The van der Waals surface area contributed by atoms with E-state index in [9.17, 15) is 28.8 Å². The predicted molar refractivity (Wildman–Crippen MR) is 466 cm³/mol.